The number of nitrogens with one attached hydrogen (secondary N) is 2. The van der Waals surface area contributed by atoms with Gasteiger partial charge in [-0.1, -0.05) is 19.6 Å². The van der Waals surface area contributed by atoms with Crippen LogP contribution in [0.5, 0.6) is 0 Å². The minimum atomic E-state index is -1.24. The van der Waals surface area contributed by atoms with E-state index in [4.69, 9.17) is 9.47 Å². The fourth-order valence-corrected chi connectivity index (χ4v) is 4.62. The first-order valence-corrected chi connectivity index (χ1v) is 14.2. The lowest BCUT2D eigenvalue weighted by Gasteiger charge is -2.49. The van der Waals surface area contributed by atoms with Crippen molar-refractivity contribution in [1.82, 2.24) is 15.5 Å². The Kier molecular flexibility index (Phi) is 7.42. The molecule has 2 aliphatic rings. The van der Waals surface area contributed by atoms with Crippen LogP contribution in [0.4, 0.5) is 9.59 Å². The van der Waals surface area contributed by atoms with Crippen LogP contribution in [0.2, 0.25) is 25.7 Å². The molecule has 1 unspecified atom stereocenters. The van der Waals surface area contributed by atoms with Crippen LogP contribution in [0.1, 0.15) is 40.0 Å². The first-order valence-electron chi connectivity index (χ1n) is 10.5. The zero-order chi connectivity index (χ0) is 21.0. The Morgan fingerprint density at radius 1 is 1.18 bits per heavy atom. The van der Waals surface area contributed by atoms with Crippen LogP contribution < -0.4 is 10.6 Å². The third kappa shape index (κ3) is 6.95. The monoisotopic (exact) mass is 413 g/mol. The summed E-state index contributed by atoms with van der Waals surface area (Å²) in [5.41, 5.74) is -0.535. The van der Waals surface area contributed by atoms with Gasteiger partial charge >= 0.3 is 12.2 Å². The Labute approximate surface area is 170 Å². The van der Waals surface area contributed by atoms with Crippen molar-refractivity contribution in [2.45, 2.75) is 77.4 Å². The standard InChI is InChI=1S/C20H39N3O4Si/c1-19(2,3)27-17(24)22-16-15-23(18(25)26-13-14-28(4,5)6)12-9-20(16)7-10-21-11-8-20/h16,21H,7-15H2,1-6H3,(H,22,24). The predicted molar refractivity (Wildman–Crippen MR) is 113 cm³/mol. The summed E-state index contributed by atoms with van der Waals surface area (Å²) in [6, 6.07) is 0.838. The van der Waals surface area contributed by atoms with Gasteiger partial charge in [0.05, 0.1) is 12.6 Å². The van der Waals surface area contributed by atoms with Crippen LogP contribution in [0.25, 0.3) is 0 Å². The molecule has 0 aromatic heterocycles. The zero-order valence-corrected chi connectivity index (χ0v) is 19.5. The van der Waals surface area contributed by atoms with Crippen LogP contribution >= 0.6 is 0 Å². The SMILES string of the molecule is CC(C)(C)OC(=O)NC1CN(C(=O)OCC[Si](C)(C)C)CCC12CCNCC2. The summed E-state index contributed by atoms with van der Waals surface area (Å²) in [5, 5.41) is 6.47. The molecular weight excluding hydrogens is 374 g/mol. The van der Waals surface area contributed by atoms with E-state index in [2.05, 4.69) is 30.3 Å². The lowest BCUT2D eigenvalue weighted by Crippen LogP contribution is -2.62. The van der Waals surface area contributed by atoms with Gasteiger partial charge in [-0.05, 0) is 64.6 Å². The van der Waals surface area contributed by atoms with E-state index in [1.807, 2.05) is 20.8 Å². The fraction of sp³-hybridized carbons (Fsp3) is 0.900. The Morgan fingerprint density at radius 2 is 1.82 bits per heavy atom. The van der Waals surface area contributed by atoms with Gasteiger partial charge in [-0.15, -0.1) is 0 Å². The molecule has 2 N–H and O–H groups in total. The van der Waals surface area contributed by atoms with Crippen molar-refractivity contribution in [3.63, 3.8) is 0 Å². The van der Waals surface area contributed by atoms with Crippen molar-refractivity contribution in [1.29, 1.82) is 0 Å². The molecule has 0 aromatic rings. The zero-order valence-electron chi connectivity index (χ0n) is 18.5. The summed E-state index contributed by atoms with van der Waals surface area (Å²) in [5.74, 6) is 0. The highest BCUT2D eigenvalue weighted by Crippen LogP contribution is 2.40. The maximum Gasteiger partial charge on any atom is 0.409 e. The molecule has 0 radical (unpaired) electrons. The van der Waals surface area contributed by atoms with Gasteiger partial charge < -0.3 is 25.0 Å². The first-order chi connectivity index (χ1) is 12.9. The fourth-order valence-electron chi connectivity index (χ4n) is 3.91. The molecule has 0 aliphatic carbocycles. The molecule has 0 bridgehead atoms. The summed E-state index contributed by atoms with van der Waals surface area (Å²) >= 11 is 0. The third-order valence-corrected chi connectivity index (χ3v) is 7.35. The number of rotatable bonds is 4. The van der Waals surface area contributed by atoms with E-state index in [0.29, 0.717) is 19.7 Å². The highest BCUT2D eigenvalue weighted by atomic mass is 28.3. The van der Waals surface area contributed by atoms with Crippen LogP contribution in [-0.2, 0) is 9.47 Å². The number of likely N-dealkylation sites (tertiary alicyclic amines) is 1. The van der Waals surface area contributed by atoms with E-state index >= 15 is 0 Å². The Bertz CT molecular complexity index is 551. The van der Waals surface area contributed by atoms with Crippen LogP contribution in [-0.4, -0.2) is 69.6 Å². The minimum Gasteiger partial charge on any atom is -0.450 e. The van der Waals surface area contributed by atoms with Gasteiger partial charge in [0, 0.05) is 21.2 Å². The van der Waals surface area contributed by atoms with Gasteiger partial charge in [0.1, 0.15) is 5.60 Å². The number of ether oxygens (including phenoxy) is 2. The number of piperidine rings is 2. The normalized spacial score (nSPS) is 22.6. The number of amides is 2. The maximum atomic E-state index is 12.6. The number of hydrogen-bond donors (Lipinski definition) is 2. The molecule has 28 heavy (non-hydrogen) atoms. The number of alkyl carbamates (subject to hydrolysis) is 1. The Balaban J connectivity index is 2.01. The Hall–Kier alpha value is -1.28. The third-order valence-electron chi connectivity index (χ3n) is 5.65. The van der Waals surface area contributed by atoms with E-state index in [0.717, 1.165) is 38.4 Å². The van der Waals surface area contributed by atoms with E-state index < -0.39 is 19.8 Å². The second-order valence-electron chi connectivity index (χ2n) is 10.4. The van der Waals surface area contributed by atoms with Gasteiger partial charge in [-0.2, -0.15) is 0 Å². The van der Waals surface area contributed by atoms with Gasteiger partial charge in [0.25, 0.3) is 0 Å². The second kappa shape index (κ2) is 9.03. The van der Waals surface area contributed by atoms with Crippen molar-refractivity contribution in [3.8, 4) is 0 Å². The minimum absolute atomic E-state index is 0.0112. The first kappa shape index (κ1) is 23.0. The number of hydrogen-bond acceptors (Lipinski definition) is 5. The molecule has 7 nitrogen and oxygen atoms in total. The van der Waals surface area contributed by atoms with Crippen LogP contribution in [0.15, 0.2) is 0 Å². The lowest BCUT2D eigenvalue weighted by atomic mass is 9.68. The molecular formula is C20H39N3O4Si. The highest BCUT2D eigenvalue weighted by Gasteiger charge is 2.46. The molecule has 2 heterocycles. The molecule has 162 valence electrons. The average molecular weight is 414 g/mol. The summed E-state index contributed by atoms with van der Waals surface area (Å²) in [6.07, 6.45) is 2.18. The second-order valence-corrected chi connectivity index (χ2v) is 16.1. The lowest BCUT2D eigenvalue weighted by molar-refractivity contribution is 0.00995. The van der Waals surface area contributed by atoms with E-state index in [-0.39, 0.29) is 17.6 Å². The largest absolute Gasteiger partial charge is 0.450 e. The van der Waals surface area contributed by atoms with Crippen molar-refractivity contribution >= 4 is 20.3 Å². The predicted octanol–water partition coefficient (Wildman–Crippen LogP) is 3.43. The van der Waals surface area contributed by atoms with E-state index in [1.165, 1.54) is 0 Å². The van der Waals surface area contributed by atoms with E-state index in [1.54, 1.807) is 4.90 Å². The molecule has 1 spiro atoms. The summed E-state index contributed by atoms with van der Waals surface area (Å²) in [4.78, 5) is 26.8. The molecule has 0 aromatic carbocycles. The molecule has 2 fully saturated rings. The van der Waals surface area contributed by atoms with Gasteiger partial charge in [-0.3, -0.25) is 0 Å². The molecule has 8 heteroatoms. The van der Waals surface area contributed by atoms with E-state index in [9.17, 15) is 9.59 Å². The van der Waals surface area contributed by atoms with Crippen molar-refractivity contribution in [2.75, 3.05) is 32.8 Å². The molecule has 2 rings (SSSR count). The van der Waals surface area contributed by atoms with Crippen molar-refractivity contribution in [3.05, 3.63) is 0 Å². The Morgan fingerprint density at radius 3 is 2.39 bits per heavy atom. The molecule has 2 amide bonds. The molecule has 2 aliphatic heterocycles. The summed E-state index contributed by atoms with van der Waals surface area (Å²) in [7, 11) is -1.24. The number of carbonyl (C=O) groups is 2. The van der Waals surface area contributed by atoms with Crippen molar-refractivity contribution in [2.24, 2.45) is 5.41 Å². The average Bonchev–Trinajstić information content (AvgIpc) is 2.55. The van der Waals surface area contributed by atoms with Crippen LogP contribution in [0.3, 0.4) is 0 Å². The van der Waals surface area contributed by atoms with Gasteiger partial charge in [0.2, 0.25) is 0 Å². The molecule has 1 atom stereocenters. The smallest absolute Gasteiger partial charge is 0.409 e. The summed E-state index contributed by atoms with van der Waals surface area (Å²) in [6.45, 7) is 15.9. The number of carbonyl (C=O) groups excluding carboxylic acids is 2. The summed E-state index contributed by atoms with van der Waals surface area (Å²) < 4.78 is 11.0. The van der Waals surface area contributed by atoms with Crippen LogP contribution in [0, 0.1) is 5.41 Å². The quantitative estimate of drug-likeness (QED) is 0.690. The maximum absolute atomic E-state index is 12.6. The van der Waals surface area contributed by atoms with Gasteiger partial charge in [-0.25, -0.2) is 9.59 Å². The highest BCUT2D eigenvalue weighted by molar-refractivity contribution is 6.76. The van der Waals surface area contributed by atoms with Crippen molar-refractivity contribution < 1.29 is 19.1 Å². The van der Waals surface area contributed by atoms with Gasteiger partial charge in [0.15, 0.2) is 0 Å². The number of nitrogens with zero attached hydrogens (tertiary/aromatic N) is 1. The topological polar surface area (TPSA) is 79.9 Å². The molecule has 2 saturated heterocycles. The molecule has 0 saturated carbocycles.